The lowest BCUT2D eigenvalue weighted by molar-refractivity contribution is -0.142. The predicted molar refractivity (Wildman–Crippen MR) is 73.7 cm³/mol. The zero-order valence-electron chi connectivity index (χ0n) is 12.0. The van der Waals surface area contributed by atoms with Crippen molar-refractivity contribution in [3.8, 4) is 0 Å². The minimum absolute atomic E-state index is 0.0173. The molecule has 1 rings (SSSR count). The molecule has 0 radical (unpaired) electrons. The van der Waals surface area contributed by atoms with Gasteiger partial charge in [0.1, 0.15) is 6.04 Å². The Bertz CT molecular complexity index is 518. The molecule has 4 nitrogen and oxygen atoms in total. The van der Waals surface area contributed by atoms with E-state index in [9.17, 15) is 18.4 Å². The van der Waals surface area contributed by atoms with Crippen molar-refractivity contribution in [1.82, 2.24) is 5.32 Å². The molecule has 0 bridgehead atoms. The van der Waals surface area contributed by atoms with Crippen molar-refractivity contribution < 1.29 is 23.5 Å². The Balaban J connectivity index is 2.57. The minimum Gasteiger partial charge on any atom is -0.480 e. The number of amides is 1. The molecule has 0 fully saturated rings. The van der Waals surface area contributed by atoms with Crippen LogP contribution in [0.2, 0.25) is 0 Å². The number of carbonyl (C=O) groups is 2. The summed E-state index contributed by atoms with van der Waals surface area (Å²) < 4.78 is 26.4. The number of hydrogen-bond donors (Lipinski definition) is 2. The number of aryl methyl sites for hydroxylation is 1. The molecule has 0 heterocycles. The van der Waals surface area contributed by atoms with Crippen molar-refractivity contribution >= 4 is 11.9 Å². The summed E-state index contributed by atoms with van der Waals surface area (Å²) in [6.45, 7) is 3.70. The number of carboxylic acids is 1. The standard InChI is InChI=1S/C15H19F2NO3/c1-9(2)8-12(15(20)21)18-13(19)7-6-10-4-3-5-11(16)14(10)17/h3-5,9,12H,6-8H2,1-2H3,(H,18,19)(H,20,21). The molecule has 0 aromatic heterocycles. The molecule has 1 atom stereocenters. The van der Waals surface area contributed by atoms with Crippen molar-refractivity contribution in [1.29, 1.82) is 0 Å². The average Bonchev–Trinajstić information content (AvgIpc) is 2.39. The second-order valence-corrected chi connectivity index (χ2v) is 5.30. The minimum atomic E-state index is -1.10. The first-order valence-electron chi connectivity index (χ1n) is 6.76. The molecule has 1 amide bonds. The highest BCUT2D eigenvalue weighted by Gasteiger charge is 2.21. The number of aliphatic carboxylic acids is 1. The molecule has 1 unspecified atom stereocenters. The maximum atomic E-state index is 13.4. The molecule has 0 saturated heterocycles. The molecule has 0 spiro atoms. The number of benzene rings is 1. The van der Waals surface area contributed by atoms with Crippen LogP contribution in [0.25, 0.3) is 0 Å². The van der Waals surface area contributed by atoms with E-state index in [0.717, 1.165) is 6.07 Å². The van der Waals surface area contributed by atoms with E-state index in [1.807, 2.05) is 13.8 Å². The number of hydrogen-bond acceptors (Lipinski definition) is 2. The first-order chi connectivity index (χ1) is 9.81. The van der Waals surface area contributed by atoms with Gasteiger partial charge in [0.05, 0.1) is 0 Å². The van der Waals surface area contributed by atoms with Gasteiger partial charge in [0.25, 0.3) is 0 Å². The van der Waals surface area contributed by atoms with E-state index < -0.39 is 29.6 Å². The zero-order chi connectivity index (χ0) is 16.0. The average molecular weight is 299 g/mol. The molecule has 0 aliphatic rings. The fourth-order valence-electron chi connectivity index (χ4n) is 1.95. The Kier molecular flexibility index (Phi) is 6.27. The second-order valence-electron chi connectivity index (χ2n) is 5.30. The van der Waals surface area contributed by atoms with Gasteiger partial charge < -0.3 is 10.4 Å². The highest BCUT2D eigenvalue weighted by molar-refractivity contribution is 5.83. The fraction of sp³-hybridized carbons (Fsp3) is 0.467. The lowest BCUT2D eigenvalue weighted by atomic mass is 10.0. The Morgan fingerprint density at radius 2 is 1.95 bits per heavy atom. The van der Waals surface area contributed by atoms with Gasteiger partial charge in [0.2, 0.25) is 5.91 Å². The van der Waals surface area contributed by atoms with Crippen LogP contribution in [0.1, 0.15) is 32.3 Å². The molecule has 1 aromatic rings. The van der Waals surface area contributed by atoms with E-state index >= 15 is 0 Å². The van der Waals surface area contributed by atoms with Crippen LogP contribution in [-0.2, 0) is 16.0 Å². The van der Waals surface area contributed by atoms with Crippen LogP contribution < -0.4 is 5.32 Å². The van der Waals surface area contributed by atoms with Crippen LogP contribution in [0.4, 0.5) is 8.78 Å². The van der Waals surface area contributed by atoms with E-state index in [0.29, 0.717) is 6.42 Å². The Morgan fingerprint density at radius 1 is 1.29 bits per heavy atom. The van der Waals surface area contributed by atoms with Gasteiger partial charge in [-0.15, -0.1) is 0 Å². The number of nitrogens with one attached hydrogen (secondary N) is 1. The predicted octanol–water partition coefficient (Wildman–Crippen LogP) is 2.51. The normalized spacial score (nSPS) is 12.2. The number of halogens is 2. The first kappa shape index (κ1) is 17.1. The summed E-state index contributed by atoms with van der Waals surface area (Å²) in [5.41, 5.74) is 0.0980. The maximum Gasteiger partial charge on any atom is 0.326 e. The van der Waals surface area contributed by atoms with Crippen LogP contribution in [0.15, 0.2) is 18.2 Å². The molecular weight excluding hydrogens is 280 g/mol. The molecule has 0 aliphatic heterocycles. The van der Waals surface area contributed by atoms with Gasteiger partial charge in [0.15, 0.2) is 11.6 Å². The summed E-state index contributed by atoms with van der Waals surface area (Å²) >= 11 is 0. The van der Waals surface area contributed by atoms with E-state index in [4.69, 9.17) is 5.11 Å². The van der Waals surface area contributed by atoms with Crippen LogP contribution in [0.3, 0.4) is 0 Å². The third-order valence-corrected chi connectivity index (χ3v) is 2.99. The van der Waals surface area contributed by atoms with Gasteiger partial charge in [-0.05, 0) is 30.4 Å². The quantitative estimate of drug-likeness (QED) is 0.813. The molecule has 0 saturated carbocycles. The Hall–Kier alpha value is -1.98. The Morgan fingerprint density at radius 3 is 2.52 bits per heavy atom. The van der Waals surface area contributed by atoms with Gasteiger partial charge in [-0.1, -0.05) is 26.0 Å². The highest BCUT2D eigenvalue weighted by atomic mass is 19.2. The number of carbonyl (C=O) groups excluding carboxylic acids is 1. The first-order valence-corrected chi connectivity index (χ1v) is 6.76. The van der Waals surface area contributed by atoms with E-state index in [1.165, 1.54) is 12.1 Å². The van der Waals surface area contributed by atoms with Gasteiger partial charge in [-0.3, -0.25) is 4.79 Å². The van der Waals surface area contributed by atoms with E-state index in [2.05, 4.69) is 5.32 Å². The molecular formula is C15H19F2NO3. The molecule has 6 heteroatoms. The van der Waals surface area contributed by atoms with Gasteiger partial charge in [-0.25, -0.2) is 13.6 Å². The fourth-order valence-corrected chi connectivity index (χ4v) is 1.95. The monoisotopic (exact) mass is 299 g/mol. The summed E-state index contributed by atoms with van der Waals surface area (Å²) in [4.78, 5) is 22.7. The smallest absolute Gasteiger partial charge is 0.326 e. The molecule has 21 heavy (non-hydrogen) atoms. The second kappa shape index (κ2) is 7.71. The van der Waals surface area contributed by atoms with Crippen molar-refractivity contribution in [2.24, 2.45) is 5.92 Å². The third-order valence-electron chi connectivity index (χ3n) is 2.99. The molecule has 0 aliphatic carbocycles. The van der Waals surface area contributed by atoms with E-state index in [-0.39, 0.29) is 24.3 Å². The van der Waals surface area contributed by atoms with E-state index in [1.54, 1.807) is 0 Å². The SMILES string of the molecule is CC(C)CC(NC(=O)CCc1cccc(F)c1F)C(=O)O. The zero-order valence-corrected chi connectivity index (χ0v) is 12.0. The van der Waals surface area contributed by atoms with Crippen LogP contribution >= 0.6 is 0 Å². The van der Waals surface area contributed by atoms with Crippen LogP contribution in [-0.4, -0.2) is 23.0 Å². The maximum absolute atomic E-state index is 13.4. The molecule has 116 valence electrons. The van der Waals surface area contributed by atoms with Gasteiger partial charge >= 0.3 is 5.97 Å². The molecule has 1 aromatic carbocycles. The highest BCUT2D eigenvalue weighted by Crippen LogP contribution is 2.13. The summed E-state index contributed by atoms with van der Waals surface area (Å²) in [5, 5.41) is 11.4. The largest absolute Gasteiger partial charge is 0.480 e. The van der Waals surface area contributed by atoms with Crippen molar-refractivity contribution in [2.45, 2.75) is 39.2 Å². The number of rotatable bonds is 7. The molecule has 2 N–H and O–H groups in total. The lowest BCUT2D eigenvalue weighted by Crippen LogP contribution is -2.41. The van der Waals surface area contributed by atoms with Crippen molar-refractivity contribution in [3.05, 3.63) is 35.4 Å². The van der Waals surface area contributed by atoms with Crippen LogP contribution in [0, 0.1) is 17.6 Å². The lowest BCUT2D eigenvalue weighted by Gasteiger charge is -2.16. The van der Waals surface area contributed by atoms with Crippen LogP contribution in [0.5, 0.6) is 0 Å². The van der Waals surface area contributed by atoms with Crippen molar-refractivity contribution in [3.63, 3.8) is 0 Å². The summed E-state index contributed by atoms with van der Waals surface area (Å²) in [5.74, 6) is -3.41. The topological polar surface area (TPSA) is 66.4 Å². The summed E-state index contributed by atoms with van der Waals surface area (Å²) in [7, 11) is 0. The van der Waals surface area contributed by atoms with Gasteiger partial charge in [0, 0.05) is 6.42 Å². The summed E-state index contributed by atoms with van der Waals surface area (Å²) in [6, 6.07) is 2.80. The van der Waals surface area contributed by atoms with Crippen molar-refractivity contribution in [2.75, 3.05) is 0 Å². The third kappa shape index (κ3) is 5.49. The Labute approximate surface area is 122 Å². The number of carboxylic acid groups (broad SMARTS) is 1. The van der Waals surface area contributed by atoms with Gasteiger partial charge in [-0.2, -0.15) is 0 Å². The summed E-state index contributed by atoms with van der Waals surface area (Å²) in [6.07, 6.45) is 0.237.